The summed E-state index contributed by atoms with van der Waals surface area (Å²) in [6.07, 6.45) is -0.268. The largest absolute Gasteiger partial charge is 0.444 e. The molecular formula is C15H23ClN4O2. The van der Waals surface area contributed by atoms with Crippen LogP contribution in [0.2, 0.25) is 5.15 Å². The molecule has 122 valence electrons. The summed E-state index contributed by atoms with van der Waals surface area (Å²) in [7, 11) is 0. The molecule has 1 saturated heterocycles. The molecule has 1 atom stereocenters. The van der Waals surface area contributed by atoms with Crippen LogP contribution in [-0.4, -0.2) is 52.2 Å². The highest BCUT2D eigenvalue weighted by Gasteiger charge is 2.30. The van der Waals surface area contributed by atoms with Crippen molar-refractivity contribution in [3.05, 3.63) is 17.0 Å². The number of hydrogen-bond acceptors (Lipinski definition) is 5. The lowest BCUT2D eigenvalue weighted by Crippen LogP contribution is -2.54. The first-order valence-corrected chi connectivity index (χ1v) is 7.79. The number of nitrogens with zero attached hydrogens (tertiary/aromatic N) is 4. The third-order valence-corrected chi connectivity index (χ3v) is 3.56. The fourth-order valence-corrected chi connectivity index (χ4v) is 2.67. The van der Waals surface area contributed by atoms with Gasteiger partial charge in [-0.15, -0.1) is 0 Å². The molecule has 0 saturated carbocycles. The van der Waals surface area contributed by atoms with E-state index in [0.29, 0.717) is 30.6 Å². The number of halogens is 1. The van der Waals surface area contributed by atoms with E-state index in [1.807, 2.05) is 27.7 Å². The normalized spacial score (nSPS) is 19.3. The number of aromatic nitrogens is 2. The zero-order chi connectivity index (χ0) is 16.5. The van der Waals surface area contributed by atoms with Crippen molar-refractivity contribution in [3.8, 4) is 0 Å². The van der Waals surface area contributed by atoms with Crippen LogP contribution in [0.1, 0.15) is 33.5 Å². The van der Waals surface area contributed by atoms with Crippen LogP contribution in [0.3, 0.4) is 0 Å². The van der Waals surface area contributed by atoms with Gasteiger partial charge in [0.2, 0.25) is 0 Å². The van der Waals surface area contributed by atoms with Crippen LogP contribution in [0.15, 0.2) is 6.07 Å². The van der Waals surface area contributed by atoms with E-state index in [0.717, 1.165) is 5.82 Å². The minimum absolute atomic E-state index is 0.131. The fourth-order valence-electron chi connectivity index (χ4n) is 2.45. The molecule has 1 aromatic heterocycles. The van der Waals surface area contributed by atoms with Crippen molar-refractivity contribution in [3.63, 3.8) is 0 Å². The molecular weight excluding hydrogens is 304 g/mol. The number of amides is 1. The van der Waals surface area contributed by atoms with Crippen LogP contribution in [-0.2, 0) is 4.74 Å². The quantitative estimate of drug-likeness (QED) is 0.743. The van der Waals surface area contributed by atoms with Crippen LogP contribution in [0.5, 0.6) is 0 Å². The lowest BCUT2D eigenvalue weighted by Gasteiger charge is -2.40. The molecule has 1 fully saturated rings. The van der Waals surface area contributed by atoms with Crippen LogP contribution in [0.4, 0.5) is 10.6 Å². The van der Waals surface area contributed by atoms with Crippen molar-refractivity contribution < 1.29 is 9.53 Å². The molecule has 1 aliphatic rings. The lowest BCUT2D eigenvalue weighted by atomic mass is 10.2. The molecule has 1 amide bonds. The third kappa shape index (κ3) is 4.22. The Morgan fingerprint density at radius 1 is 1.36 bits per heavy atom. The average Bonchev–Trinajstić information content (AvgIpc) is 2.35. The van der Waals surface area contributed by atoms with Gasteiger partial charge in [0.25, 0.3) is 0 Å². The highest BCUT2D eigenvalue weighted by molar-refractivity contribution is 6.29. The zero-order valence-electron chi connectivity index (χ0n) is 13.8. The SMILES string of the molecule is Cc1nc(Cl)cc(N2CCN(C(=O)OC(C)(C)C)C[C@H]2C)n1. The molecule has 0 bridgehead atoms. The second kappa shape index (κ2) is 6.28. The number of anilines is 1. The van der Waals surface area contributed by atoms with Gasteiger partial charge >= 0.3 is 6.09 Å². The molecule has 1 aromatic rings. The standard InChI is InChI=1S/C15H23ClN4O2/c1-10-9-19(14(21)22-15(3,4)5)6-7-20(10)13-8-12(16)17-11(2)18-13/h8,10H,6-7,9H2,1-5H3/t10-/m1/s1. The average molecular weight is 327 g/mol. The molecule has 1 aliphatic heterocycles. The summed E-state index contributed by atoms with van der Waals surface area (Å²) in [5, 5.41) is 0.435. The van der Waals surface area contributed by atoms with Gasteiger partial charge in [-0.3, -0.25) is 0 Å². The predicted molar refractivity (Wildman–Crippen MR) is 86.4 cm³/mol. The van der Waals surface area contributed by atoms with E-state index in [2.05, 4.69) is 21.8 Å². The summed E-state index contributed by atoms with van der Waals surface area (Å²) in [5.74, 6) is 1.44. The Kier molecular flexibility index (Phi) is 4.80. The Balaban J connectivity index is 2.05. The Bertz CT molecular complexity index is 539. The maximum absolute atomic E-state index is 12.1. The van der Waals surface area contributed by atoms with E-state index < -0.39 is 5.60 Å². The second-order valence-corrected chi connectivity index (χ2v) is 6.95. The van der Waals surface area contributed by atoms with Crippen molar-refractivity contribution >= 4 is 23.5 Å². The van der Waals surface area contributed by atoms with Gasteiger partial charge in [-0.25, -0.2) is 14.8 Å². The van der Waals surface area contributed by atoms with Gasteiger partial charge in [0.05, 0.1) is 0 Å². The summed E-state index contributed by atoms with van der Waals surface area (Å²) in [4.78, 5) is 24.5. The van der Waals surface area contributed by atoms with Gasteiger partial charge in [0.15, 0.2) is 0 Å². The Labute approximate surface area is 136 Å². The summed E-state index contributed by atoms with van der Waals surface area (Å²) in [6, 6.07) is 1.89. The molecule has 0 spiro atoms. The molecule has 0 N–H and O–H groups in total. The topological polar surface area (TPSA) is 58.6 Å². The second-order valence-electron chi connectivity index (χ2n) is 6.56. The number of piperazine rings is 1. The Morgan fingerprint density at radius 3 is 2.59 bits per heavy atom. The number of carbonyl (C=O) groups is 1. The smallest absolute Gasteiger partial charge is 0.410 e. The first kappa shape index (κ1) is 16.8. The zero-order valence-corrected chi connectivity index (χ0v) is 14.5. The number of ether oxygens (including phenoxy) is 1. The van der Waals surface area contributed by atoms with E-state index in [9.17, 15) is 4.79 Å². The monoisotopic (exact) mass is 326 g/mol. The number of rotatable bonds is 1. The van der Waals surface area contributed by atoms with Crippen molar-refractivity contribution in [1.29, 1.82) is 0 Å². The highest BCUT2D eigenvalue weighted by atomic mass is 35.5. The first-order valence-electron chi connectivity index (χ1n) is 7.41. The van der Waals surface area contributed by atoms with Crippen molar-refractivity contribution in [2.45, 2.75) is 46.3 Å². The summed E-state index contributed by atoms with van der Waals surface area (Å²) >= 11 is 6.01. The lowest BCUT2D eigenvalue weighted by molar-refractivity contribution is 0.0218. The third-order valence-electron chi connectivity index (χ3n) is 3.37. The van der Waals surface area contributed by atoms with Crippen LogP contribution in [0.25, 0.3) is 0 Å². The van der Waals surface area contributed by atoms with Gasteiger partial charge in [0.1, 0.15) is 22.4 Å². The van der Waals surface area contributed by atoms with Gasteiger partial charge in [-0.1, -0.05) is 11.6 Å². The molecule has 0 unspecified atom stereocenters. The van der Waals surface area contributed by atoms with Gasteiger partial charge in [-0.05, 0) is 34.6 Å². The van der Waals surface area contributed by atoms with E-state index in [1.165, 1.54) is 0 Å². The van der Waals surface area contributed by atoms with E-state index in [-0.39, 0.29) is 12.1 Å². The predicted octanol–water partition coefficient (Wildman–Crippen LogP) is 2.88. The molecule has 2 heterocycles. The molecule has 0 radical (unpaired) electrons. The van der Waals surface area contributed by atoms with Crippen LogP contribution in [0, 0.1) is 6.92 Å². The molecule has 7 heteroatoms. The molecule has 22 heavy (non-hydrogen) atoms. The molecule has 0 aliphatic carbocycles. The molecule has 0 aromatic carbocycles. The van der Waals surface area contributed by atoms with Gasteiger partial charge in [-0.2, -0.15) is 0 Å². The van der Waals surface area contributed by atoms with Crippen molar-refractivity contribution in [2.24, 2.45) is 0 Å². The Hall–Kier alpha value is -1.56. The molecule has 2 rings (SSSR count). The van der Waals surface area contributed by atoms with Crippen LogP contribution < -0.4 is 4.90 Å². The summed E-state index contributed by atoms with van der Waals surface area (Å²) < 4.78 is 5.43. The van der Waals surface area contributed by atoms with Crippen LogP contribution >= 0.6 is 11.6 Å². The van der Waals surface area contributed by atoms with Crippen molar-refractivity contribution in [1.82, 2.24) is 14.9 Å². The van der Waals surface area contributed by atoms with Crippen molar-refractivity contribution in [2.75, 3.05) is 24.5 Å². The highest BCUT2D eigenvalue weighted by Crippen LogP contribution is 2.22. The summed E-state index contributed by atoms with van der Waals surface area (Å²) in [6.45, 7) is 11.4. The van der Waals surface area contributed by atoms with Gasteiger partial charge in [0, 0.05) is 31.7 Å². The number of aryl methyl sites for hydroxylation is 1. The van der Waals surface area contributed by atoms with E-state index in [1.54, 1.807) is 11.0 Å². The molecule has 6 nitrogen and oxygen atoms in total. The maximum atomic E-state index is 12.1. The minimum atomic E-state index is -0.477. The van der Waals surface area contributed by atoms with Gasteiger partial charge < -0.3 is 14.5 Å². The number of carbonyl (C=O) groups excluding carboxylic acids is 1. The van der Waals surface area contributed by atoms with E-state index in [4.69, 9.17) is 16.3 Å². The summed E-state index contributed by atoms with van der Waals surface area (Å²) in [5.41, 5.74) is -0.477. The minimum Gasteiger partial charge on any atom is -0.444 e. The maximum Gasteiger partial charge on any atom is 0.410 e. The van der Waals surface area contributed by atoms with E-state index >= 15 is 0 Å². The fraction of sp³-hybridized carbons (Fsp3) is 0.667. The first-order chi connectivity index (χ1) is 10.2. The Morgan fingerprint density at radius 2 is 2.05 bits per heavy atom. The number of hydrogen-bond donors (Lipinski definition) is 0.